The number of rotatable bonds is 5. The molecule has 4 heteroatoms. The van der Waals surface area contributed by atoms with Gasteiger partial charge in [-0.2, -0.15) is 5.10 Å². The normalized spacial score (nSPS) is 20.1. The largest absolute Gasteiger partial charge is 0.309 e. The molecule has 0 aliphatic carbocycles. The van der Waals surface area contributed by atoms with Gasteiger partial charge in [0, 0.05) is 36.9 Å². The monoisotopic (exact) mass is 278 g/mol. The molecular weight excluding hydrogens is 248 g/mol. The van der Waals surface area contributed by atoms with Crippen LogP contribution in [0.5, 0.6) is 0 Å². The molecule has 1 aliphatic heterocycles. The average molecular weight is 278 g/mol. The highest BCUT2D eigenvalue weighted by Gasteiger charge is 2.19. The predicted octanol–water partition coefficient (Wildman–Crippen LogP) is 2.56. The van der Waals surface area contributed by atoms with Crippen LogP contribution in [0.2, 0.25) is 0 Å². The number of nitrogens with one attached hydrogen (secondary N) is 1. The van der Waals surface area contributed by atoms with Crippen LogP contribution in [0.4, 0.5) is 0 Å². The lowest BCUT2D eigenvalue weighted by Crippen LogP contribution is -2.43. The number of likely N-dealkylation sites (tertiary alicyclic amines) is 1. The molecule has 2 unspecified atom stereocenters. The van der Waals surface area contributed by atoms with Crippen LogP contribution in [0.25, 0.3) is 0 Å². The molecule has 20 heavy (non-hydrogen) atoms. The third-order valence-corrected chi connectivity index (χ3v) is 4.73. The highest BCUT2D eigenvalue weighted by atomic mass is 15.3. The fourth-order valence-corrected chi connectivity index (χ4v) is 3.35. The first-order valence-electron chi connectivity index (χ1n) is 7.98. The van der Waals surface area contributed by atoms with Crippen LogP contribution < -0.4 is 5.32 Å². The lowest BCUT2D eigenvalue weighted by Gasteiger charge is -2.33. The summed E-state index contributed by atoms with van der Waals surface area (Å²) in [6.45, 7) is 12.4. The summed E-state index contributed by atoms with van der Waals surface area (Å²) in [6, 6.07) is 0.992. The van der Waals surface area contributed by atoms with Crippen molar-refractivity contribution >= 4 is 0 Å². The molecule has 0 spiro atoms. The van der Waals surface area contributed by atoms with Crippen LogP contribution in [-0.4, -0.2) is 40.4 Å². The maximum Gasteiger partial charge on any atom is 0.0644 e. The molecule has 2 atom stereocenters. The number of nitrogens with zero attached hydrogens (tertiary/aromatic N) is 3. The molecule has 0 saturated carbocycles. The van der Waals surface area contributed by atoms with Crippen molar-refractivity contribution in [1.82, 2.24) is 20.0 Å². The smallest absolute Gasteiger partial charge is 0.0644 e. The Balaban J connectivity index is 1.89. The lowest BCUT2D eigenvalue weighted by molar-refractivity contribution is 0.168. The second-order valence-corrected chi connectivity index (χ2v) is 6.28. The van der Waals surface area contributed by atoms with Crippen LogP contribution in [0, 0.1) is 13.8 Å². The molecule has 1 saturated heterocycles. The maximum atomic E-state index is 4.51. The van der Waals surface area contributed by atoms with Gasteiger partial charge >= 0.3 is 0 Å². The van der Waals surface area contributed by atoms with Gasteiger partial charge in [0.25, 0.3) is 0 Å². The van der Waals surface area contributed by atoms with E-state index in [1.54, 1.807) is 0 Å². The van der Waals surface area contributed by atoms with Crippen molar-refractivity contribution in [2.24, 2.45) is 7.05 Å². The average Bonchev–Trinajstić information content (AvgIpc) is 2.70. The quantitative estimate of drug-likeness (QED) is 0.898. The number of hydrogen-bond acceptors (Lipinski definition) is 3. The Morgan fingerprint density at radius 1 is 1.15 bits per heavy atom. The van der Waals surface area contributed by atoms with E-state index in [0.29, 0.717) is 12.1 Å². The van der Waals surface area contributed by atoms with Crippen LogP contribution >= 0.6 is 0 Å². The fraction of sp³-hybridized carbons (Fsp3) is 0.812. The van der Waals surface area contributed by atoms with Gasteiger partial charge < -0.3 is 5.32 Å². The summed E-state index contributed by atoms with van der Waals surface area (Å²) in [5.74, 6) is 0. The Hall–Kier alpha value is -0.870. The second-order valence-electron chi connectivity index (χ2n) is 6.28. The Morgan fingerprint density at radius 2 is 1.80 bits per heavy atom. The van der Waals surface area contributed by atoms with Crippen LogP contribution in [0.3, 0.4) is 0 Å². The fourth-order valence-electron chi connectivity index (χ4n) is 3.35. The molecule has 0 radical (unpaired) electrons. The van der Waals surface area contributed by atoms with Gasteiger partial charge in [-0.15, -0.1) is 0 Å². The van der Waals surface area contributed by atoms with E-state index in [0.717, 1.165) is 12.2 Å². The summed E-state index contributed by atoms with van der Waals surface area (Å²) in [5, 5.41) is 8.21. The first kappa shape index (κ1) is 15.5. The van der Waals surface area contributed by atoms with Crippen LogP contribution in [0.1, 0.15) is 56.1 Å². The molecule has 1 fully saturated rings. The summed E-state index contributed by atoms with van der Waals surface area (Å²) >= 11 is 0. The molecule has 1 aromatic heterocycles. The number of piperidine rings is 1. The van der Waals surface area contributed by atoms with E-state index in [-0.39, 0.29) is 0 Å². The molecule has 2 heterocycles. The van der Waals surface area contributed by atoms with Crippen molar-refractivity contribution in [3.8, 4) is 0 Å². The van der Waals surface area contributed by atoms with Gasteiger partial charge in [-0.1, -0.05) is 6.42 Å². The molecule has 114 valence electrons. The molecular formula is C16H30N4. The van der Waals surface area contributed by atoms with Crippen molar-refractivity contribution < 1.29 is 0 Å². The van der Waals surface area contributed by atoms with E-state index in [1.165, 1.54) is 43.6 Å². The highest BCUT2D eigenvalue weighted by Crippen LogP contribution is 2.21. The summed E-state index contributed by atoms with van der Waals surface area (Å²) in [7, 11) is 2.02. The Labute approximate surface area is 123 Å². The topological polar surface area (TPSA) is 33.1 Å². The van der Waals surface area contributed by atoms with Crippen molar-refractivity contribution in [2.75, 3.05) is 19.6 Å². The third kappa shape index (κ3) is 3.41. The van der Waals surface area contributed by atoms with Crippen LogP contribution in [0.15, 0.2) is 0 Å². The number of aryl methyl sites for hydroxylation is 2. The first-order valence-corrected chi connectivity index (χ1v) is 7.98. The Kier molecular flexibility index (Phi) is 5.22. The molecule has 1 N–H and O–H groups in total. The number of aromatic nitrogens is 2. The molecule has 4 nitrogen and oxygen atoms in total. The molecule has 2 rings (SSSR count). The Bertz CT molecular complexity index is 432. The Morgan fingerprint density at radius 3 is 2.35 bits per heavy atom. The zero-order chi connectivity index (χ0) is 14.7. The summed E-state index contributed by atoms with van der Waals surface area (Å²) in [4.78, 5) is 2.62. The summed E-state index contributed by atoms with van der Waals surface area (Å²) < 4.78 is 1.98. The van der Waals surface area contributed by atoms with Gasteiger partial charge in [-0.25, -0.2) is 0 Å². The third-order valence-electron chi connectivity index (χ3n) is 4.73. The molecule has 0 amide bonds. The minimum atomic E-state index is 0.371. The van der Waals surface area contributed by atoms with Gasteiger partial charge in [-0.05, 0) is 53.6 Å². The number of hydrogen-bond donors (Lipinski definition) is 1. The van der Waals surface area contributed by atoms with E-state index >= 15 is 0 Å². The molecule has 0 aromatic carbocycles. The molecule has 0 bridgehead atoms. The van der Waals surface area contributed by atoms with Crippen molar-refractivity contribution in [1.29, 1.82) is 0 Å². The SMILES string of the molecule is Cc1nn(C)c(C)c1C(C)NCC(C)N1CCCCC1. The molecule has 1 aliphatic rings. The van der Waals surface area contributed by atoms with E-state index in [2.05, 4.69) is 43.0 Å². The van der Waals surface area contributed by atoms with Gasteiger partial charge in [0.15, 0.2) is 0 Å². The predicted molar refractivity (Wildman–Crippen MR) is 84.0 cm³/mol. The minimum absolute atomic E-state index is 0.371. The van der Waals surface area contributed by atoms with Gasteiger partial charge in [0.1, 0.15) is 0 Å². The van der Waals surface area contributed by atoms with E-state index in [4.69, 9.17) is 0 Å². The van der Waals surface area contributed by atoms with Gasteiger partial charge in [0.05, 0.1) is 5.69 Å². The zero-order valence-electron chi connectivity index (χ0n) is 13.7. The van der Waals surface area contributed by atoms with Gasteiger partial charge in [-0.3, -0.25) is 9.58 Å². The zero-order valence-corrected chi connectivity index (χ0v) is 13.7. The van der Waals surface area contributed by atoms with E-state index in [9.17, 15) is 0 Å². The van der Waals surface area contributed by atoms with E-state index < -0.39 is 0 Å². The first-order chi connectivity index (χ1) is 9.50. The van der Waals surface area contributed by atoms with Crippen molar-refractivity contribution in [3.63, 3.8) is 0 Å². The molecule has 1 aromatic rings. The van der Waals surface area contributed by atoms with Gasteiger partial charge in [0.2, 0.25) is 0 Å². The summed E-state index contributed by atoms with van der Waals surface area (Å²) in [5.41, 5.74) is 3.78. The standard InChI is InChI=1S/C16H30N4/c1-12(20-9-7-6-8-10-20)11-17-13(2)16-14(3)18-19(5)15(16)4/h12-13,17H,6-11H2,1-5H3. The maximum absolute atomic E-state index is 4.51. The van der Waals surface area contributed by atoms with Crippen LogP contribution in [-0.2, 0) is 7.05 Å². The van der Waals surface area contributed by atoms with Crippen molar-refractivity contribution in [2.45, 2.75) is 59.0 Å². The highest BCUT2D eigenvalue weighted by molar-refractivity contribution is 5.27. The summed E-state index contributed by atoms with van der Waals surface area (Å²) in [6.07, 6.45) is 4.13. The van der Waals surface area contributed by atoms with E-state index in [1.807, 2.05) is 11.7 Å². The second kappa shape index (κ2) is 6.72. The van der Waals surface area contributed by atoms with Crippen molar-refractivity contribution in [3.05, 3.63) is 17.0 Å². The minimum Gasteiger partial charge on any atom is -0.309 e. The lowest BCUT2D eigenvalue weighted by atomic mass is 10.1.